The van der Waals surface area contributed by atoms with Crippen LogP contribution in [0.4, 0.5) is 0 Å². The molecule has 0 bridgehead atoms. The van der Waals surface area contributed by atoms with Crippen molar-refractivity contribution in [3.63, 3.8) is 0 Å². The fourth-order valence-electron chi connectivity index (χ4n) is 3.55. The van der Waals surface area contributed by atoms with Gasteiger partial charge in [0.15, 0.2) is 5.78 Å². The number of nitrogens with zero attached hydrogens (tertiary/aromatic N) is 1. The van der Waals surface area contributed by atoms with Crippen molar-refractivity contribution in [2.75, 3.05) is 19.6 Å². The van der Waals surface area contributed by atoms with Crippen LogP contribution in [0.1, 0.15) is 69.3 Å². The number of hydrogen-bond donors (Lipinski definition) is 1. The molecule has 1 heterocycles. The van der Waals surface area contributed by atoms with Crippen LogP contribution in [0.5, 0.6) is 0 Å². The van der Waals surface area contributed by atoms with Gasteiger partial charge in [0.2, 0.25) is 5.91 Å². The van der Waals surface area contributed by atoms with Crippen molar-refractivity contribution in [2.45, 2.75) is 65.3 Å². The van der Waals surface area contributed by atoms with Crippen LogP contribution in [0.2, 0.25) is 0 Å². The maximum Gasteiger partial charge on any atom is 0.220 e. The molecule has 1 N–H and O–H groups in total. The van der Waals surface area contributed by atoms with Crippen molar-refractivity contribution < 1.29 is 9.59 Å². The quantitative estimate of drug-likeness (QED) is 0.718. The number of amides is 1. The predicted molar refractivity (Wildman–Crippen MR) is 106 cm³/mol. The first-order valence-corrected chi connectivity index (χ1v) is 9.95. The molecule has 1 saturated heterocycles. The molecule has 1 amide bonds. The second-order valence-electron chi connectivity index (χ2n) is 8.26. The highest BCUT2D eigenvalue weighted by atomic mass is 16.2. The van der Waals surface area contributed by atoms with E-state index in [1.54, 1.807) is 0 Å². The molecule has 4 heteroatoms. The maximum absolute atomic E-state index is 12.2. The molecule has 4 nitrogen and oxygen atoms in total. The summed E-state index contributed by atoms with van der Waals surface area (Å²) in [6.07, 6.45) is 3.99. The maximum atomic E-state index is 12.2. The van der Waals surface area contributed by atoms with Crippen LogP contribution in [-0.2, 0) is 11.2 Å². The number of rotatable bonds is 8. The molecule has 1 aromatic rings. The van der Waals surface area contributed by atoms with Gasteiger partial charge in [-0.05, 0) is 51.1 Å². The van der Waals surface area contributed by atoms with Gasteiger partial charge in [0.25, 0.3) is 0 Å². The van der Waals surface area contributed by atoms with E-state index in [2.05, 4.69) is 37.9 Å². The van der Waals surface area contributed by atoms with E-state index in [1.165, 1.54) is 18.4 Å². The minimum atomic E-state index is -0.0513. The number of piperidine rings is 1. The zero-order chi connectivity index (χ0) is 19.2. The molecule has 1 unspecified atom stereocenters. The van der Waals surface area contributed by atoms with Crippen molar-refractivity contribution in [1.82, 2.24) is 10.2 Å². The van der Waals surface area contributed by atoms with Gasteiger partial charge in [0, 0.05) is 37.0 Å². The fourth-order valence-corrected chi connectivity index (χ4v) is 3.55. The first-order chi connectivity index (χ1) is 12.3. The van der Waals surface area contributed by atoms with Crippen LogP contribution in [0, 0.1) is 5.92 Å². The van der Waals surface area contributed by atoms with Gasteiger partial charge in [-0.2, -0.15) is 0 Å². The van der Waals surface area contributed by atoms with E-state index in [0.29, 0.717) is 12.1 Å². The third-order valence-corrected chi connectivity index (χ3v) is 5.49. The molecule has 26 heavy (non-hydrogen) atoms. The summed E-state index contributed by atoms with van der Waals surface area (Å²) >= 11 is 0. The summed E-state index contributed by atoms with van der Waals surface area (Å²) in [7, 11) is 0. The van der Waals surface area contributed by atoms with Gasteiger partial charge < -0.3 is 5.32 Å². The van der Waals surface area contributed by atoms with Gasteiger partial charge in [-0.1, -0.05) is 38.1 Å². The Bertz CT molecular complexity index is 607. The predicted octanol–water partition coefficient (Wildman–Crippen LogP) is 3.84. The lowest BCUT2D eigenvalue weighted by molar-refractivity contribution is -0.121. The molecule has 0 aromatic heterocycles. The first-order valence-electron chi connectivity index (χ1n) is 9.95. The van der Waals surface area contributed by atoms with Crippen molar-refractivity contribution in [3.8, 4) is 0 Å². The SMILES string of the molecule is CCc1ccc(C(=O)CCC(=O)NCC(C)(C)N2CCCC(C)C2)cc1. The van der Waals surface area contributed by atoms with Gasteiger partial charge >= 0.3 is 0 Å². The number of carbonyl (C=O) groups is 2. The van der Waals surface area contributed by atoms with Gasteiger partial charge in [0.1, 0.15) is 0 Å². The largest absolute Gasteiger partial charge is 0.354 e. The second kappa shape index (κ2) is 9.31. The highest BCUT2D eigenvalue weighted by Crippen LogP contribution is 2.23. The van der Waals surface area contributed by atoms with Crippen molar-refractivity contribution >= 4 is 11.7 Å². The highest BCUT2D eigenvalue weighted by molar-refractivity contribution is 5.97. The van der Waals surface area contributed by atoms with Crippen LogP contribution in [0.15, 0.2) is 24.3 Å². The molecule has 0 saturated carbocycles. The fraction of sp³-hybridized carbons (Fsp3) is 0.636. The third kappa shape index (κ3) is 5.94. The molecule has 144 valence electrons. The van der Waals surface area contributed by atoms with Crippen LogP contribution in [0.25, 0.3) is 0 Å². The molecule has 2 rings (SSSR count). The van der Waals surface area contributed by atoms with Gasteiger partial charge in [0.05, 0.1) is 0 Å². The molecule has 1 aromatic carbocycles. The van der Waals surface area contributed by atoms with E-state index in [4.69, 9.17) is 0 Å². The number of nitrogens with one attached hydrogen (secondary N) is 1. The minimum absolute atomic E-state index is 0.0342. The summed E-state index contributed by atoms with van der Waals surface area (Å²) in [4.78, 5) is 26.9. The van der Waals surface area contributed by atoms with Gasteiger partial charge in [-0.25, -0.2) is 0 Å². The number of aryl methyl sites for hydroxylation is 1. The summed E-state index contributed by atoms with van der Waals surface area (Å²) in [6, 6.07) is 7.68. The van der Waals surface area contributed by atoms with Crippen molar-refractivity contribution in [1.29, 1.82) is 0 Å². The van der Waals surface area contributed by atoms with E-state index in [9.17, 15) is 9.59 Å². The lowest BCUT2D eigenvalue weighted by atomic mass is 9.93. The topological polar surface area (TPSA) is 49.4 Å². The van der Waals surface area contributed by atoms with Crippen LogP contribution in [0.3, 0.4) is 0 Å². The Kier molecular flexibility index (Phi) is 7.39. The Labute approximate surface area is 158 Å². The smallest absolute Gasteiger partial charge is 0.220 e. The Hall–Kier alpha value is -1.68. The summed E-state index contributed by atoms with van der Waals surface area (Å²) in [6.45, 7) is 11.6. The molecular weight excluding hydrogens is 324 g/mol. The standard InChI is InChI=1S/C22H34N2O2/c1-5-18-8-10-19(11-9-18)20(25)12-13-21(26)23-16-22(3,4)24-14-6-7-17(2)15-24/h8-11,17H,5-7,12-16H2,1-4H3,(H,23,26). The second-order valence-corrected chi connectivity index (χ2v) is 8.26. The van der Waals surface area contributed by atoms with E-state index in [-0.39, 0.29) is 30.1 Å². The molecule has 1 fully saturated rings. The Morgan fingerprint density at radius 1 is 1.19 bits per heavy atom. The van der Waals surface area contributed by atoms with Crippen molar-refractivity contribution in [3.05, 3.63) is 35.4 Å². The van der Waals surface area contributed by atoms with Crippen molar-refractivity contribution in [2.24, 2.45) is 5.92 Å². The minimum Gasteiger partial charge on any atom is -0.354 e. The number of hydrogen-bond acceptors (Lipinski definition) is 3. The molecular formula is C22H34N2O2. The number of carbonyl (C=O) groups excluding carboxylic acids is 2. The van der Waals surface area contributed by atoms with Crippen LogP contribution in [-0.4, -0.2) is 41.8 Å². The van der Waals surface area contributed by atoms with Crippen LogP contribution < -0.4 is 5.32 Å². The number of benzene rings is 1. The zero-order valence-electron chi connectivity index (χ0n) is 16.8. The normalized spacial score (nSPS) is 18.5. The Morgan fingerprint density at radius 2 is 1.88 bits per heavy atom. The number of likely N-dealkylation sites (tertiary alicyclic amines) is 1. The first kappa shape index (κ1) is 20.6. The Morgan fingerprint density at radius 3 is 2.50 bits per heavy atom. The molecule has 0 radical (unpaired) electrons. The third-order valence-electron chi connectivity index (χ3n) is 5.49. The molecule has 0 spiro atoms. The van der Waals surface area contributed by atoms with E-state index in [0.717, 1.165) is 25.4 Å². The van der Waals surface area contributed by atoms with Crippen LogP contribution >= 0.6 is 0 Å². The summed E-state index contributed by atoms with van der Waals surface area (Å²) < 4.78 is 0. The molecule has 1 aliphatic heterocycles. The molecule has 0 aliphatic carbocycles. The van der Waals surface area contributed by atoms with Gasteiger partial charge in [-0.15, -0.1) is 0 Å². The lowest BCUT2D eigenvalue weighted by Gasteiger charge is -2.43. The van der Waals surface area contributed by atoms with E-state index < -0.39 is 0 Å². The van der Waals surface area contributed by atoms with Gasteiger partial charge in [-0.3, -0.25) is 14.5 Å². The molecule has 1 atom stereocenters. The molecule has 1 aliphatic rings. The average Bonchev–Trinajstić information content (AvgIpc) is 2.64. The summed E-state index contributed by atoms with van der Waals surface area (Å²) in [5.74, 6) is 0.712. The average molecular weight is 359 g/mol. The Balaban J connectivity index is 1.76. The number of Topliss-reactive ketones (excluding diaryl/α,β-unsaturated/α-hetero) is 1. The highest BCUT2D eigenvalue weighted by Gasteiger charge is 2.30. The number of ketones is 1. The van der Waals surface area contributed by atoms with E-state index in [1.807, 2.05) is 24.3 Å². The lowest BCUT2D eigenvalue weighted by Crippen LogP contribution is -2.54. The van der Waals surface area contributed by atoms with E-state index >= 15 is 0 Å². The summed E-state index contributed by atoms with van der Waals surface area (Å²) in [5.41, 5.74) is 1.86. The zero-order valence-corrected chi connectivity index (χ0v) is 16.8. The summed E-state index contributed by atoms with van der Waals surface area (Å²) in [5, 5.41) is 3.03. The monoisotopic (exact) mass is 358 g/mol.